The molecular weight excluding hydrogens is 186 g/mol. The Morgan fingerprint density at radius 2 is 1.80 bits per heavy atom. The van der Waals surface area contributed by atoms with E-state index < -0.39 is 0 Å². The lowest BCUT2D eigenvalue weighted by Crippen LogP contribution is -2.10. The van der Waals surface area contributed by atoms with Crippen LogP contribution in [0, 0.1) is 0 Å². The number of nitrogens with two attached hydrogens (primary N) is 1. The van der Waals surface area contributed by atoms with Crippen molar-refractivity contribution in [3.8, 4) is 0 Å². The van der Waals surface area contributed by atoms with E-state index in [-0.39, 0.29) is 0 Å². The maximum Gasteiger partial charge on any atom is 0.0575 e. The quantitative estimate of drug-likeness (QED) is 0.767. The van der Waals surface area contributed by atoms with Gasteiger partial charge in [-0.05, 0) is 37.0 Å². The molecule has 1 aliphatic carbocycles. The fourth-order valence-corrected chi connectivity index (χ4v) is 2.08. The van der Waals surface area contributed by atoms with E-state index in [1.54, 1.807) is 0 Å². The van der Waals surface area contributed by atoms with Crippen LogP contribution in [0.25, 0.3) is 0 Å². The lowest BCUT2D eigenvalue weighted by molar-refractivity contribution is 0.0606. The molecule has 2 N–H and O–H groups in total. The van der Waals surface area contributed by atoms with Gasteiger partial charge >= 0.3 is 0 Å². The Bertz CT molecular complexity index is 288. The number of benzene rings is 1. The summed E-state index contributed by atoms with van der Waals surface area (Å²) in [6.45, 7) is 0.842. The molecule has 15 heavy (non-hydrogen) atoms. The highest BCUT2D eigenvalue weighted by atomic mass is 16.5. The van der Waals surface area contributed by atoms with Crippen LogP contribution in [0.2, 0.25) is 0 Å². The van der Waals surface area contributed by atoms with Crippen LogP contribution in [0.5, 0.6) is 0 Å². The topological polar surface area (TPSA) is 35.2 Å². The molecule has 0 aliphatic heterocycles. The summed E-state index contributed by atoms with van der Waals surface area (Å²) < 4.78 is 5.81. The van der Waals surface area contributed by atoms with E-state index in [1.807, 2.05) is 12.1 Å². The third-order valence-electron chi connectivity index (χ3n) is 3.03. The van der Waals surface area contributed by atoms with Crippen molar-refractivity contribution in [1.29, 1.82) is 0 Å². The molecule has 0 saturated heterocycles. The van der Waals surface area contributed by atoms with Gasteiger partial charge in [0.05, 0.1) is 12.7 Å². The van der Waals surface area contributed by atoms with E-state index in [0.717, 1.165) is 18.7 Å². The Balaban J connectivity index is 1.71. The van der Waals surface area contributed by atoms with E-state index >= 15 is 0 Å². The van der Waals surface area contributed by atoms with Gasteiger partial charge < -0.3 is 10.5 Å². The van der Waals surface area contributed by atoms with Crippen molar-refractivity contribution >= 4 is 5.69 Å². The fraction of sp³-hybridized carbons (Fsp3) is 0.538. The van der Waals surface area contributed by atoms with Crippen molar-refractivity contribution in [3.63, 3.8) is 0 Å². The van der Waals surface area contributed by atoms with Gasteiger partial charge in [-0.3, -0.25) is 0 Å². The Morgan fingerprint density at radius 3 is 2.47 bits per heavy atom. The average Bonchev–Trinajstić information content (AvgIpc) is 2.74. The van der Waals surface area contributed by atoms with Crippen LogP contribution in [0.15, 0.2) is 24.3 Å². The summed E-state index contributed by atoms with van der Waals surface area (Å²) in [6, 6.07) is 8.05. The van der Waals surface area contributed by atoms with Gasteiger partial charge in [0, 0.05) is 5.69 Å². The van der Waals surface area contributed by atoms with E-state index in [9.17, 15) is 0 Å². The first-order valence-corrected chi connectivity index (χ1v) is 5.80. The normalized spacial score (nSPS) is 17.1. The molecule has 0 heterocycles. The molecule has 1 fully saturated rings. The van der Waals surface area contributed by atoms with Crippen LogP contribution >= 0.6 is 0 Å². The van der Waals surface area contributed by atoms with Crippen LogP contribution in [0.4, 0.5) is 5.69 Å². The number of hydrogen-bond donors (Lipinski definition) is 1. The van der Waals surface area contributed by atoms with E-state index in [0.29, 0.717) is 6.10 Å². The van der Waals surface area contributed by atoms with E-state index in [2.05, 4.69) is 12.1 Å². The zero-order valence-corrected chi connectivity index (χ0v) is 9.11. The molecule has 1 aromatic rings. The zero-order valence-electron chi connectivity index (χ0n) is 9.11. The summed E-state index contributed by atoms with van der Waals surface area (Å²) in [5.41, 5.74) is 7.76. The summed E-state index contributed by atoms with van der Waals surface area (Å²) in [4.78, 5) is 0. The highest BCUT2D eigenvalue weighted by Gasteiger charge is 2.14. The molecular formula is C13H19NO. The first-order chi connectivity index (χ1) is 7.34. The van der Waals surface area contributed by atoms with Gasteiger partial charge in [-0.25, -0.2) is 0 Å². The second-order valence-electron chi connectivity index (χ2n) is 4.27. The molecule has 0 spiro atoms. The van der Waals surface area contributed by atoms with Gasteiger partial charge in [-0.1, -0.05) is 25.0 Å². The average molecular weight is 205 g/mol. The van der Waals surface area contributed by atoms with Gasteiger partial charge in [0.2, 0.25) is 0 Å². The number of hydrogen-bond acceptors (Lipinski definition) is 2. The maximum atomic E-state index is 5.81. The van der Waals surface area contributed by atoms with Gasteiger partial charge in [0.25, 0.3) is 0 Å². The Hall–Kier alpha value is -1.02. The molecule has 2 rings (SSSR count). The van der Waals surface area contributed by atoms with E-state index in [1.165, 1.54) is 31.2 Å². The predicted molar refractivity (Wildman–Crippen MR) is 62.8 cm³/mol. The minimum Gasteiger partial charge on any atom is -0.399 e. The summed E-state index contributed by atoms with van der Waals surface area (Å²) in [5.74, 6) is 0. The molecule has 0 aromatic heterocycles. The Labute approximate surface area is 91.4 Å². The van der Waals surface area contributed by atoms with Gasteiger partial charge in [-0.15, -0.1) is 0 Å². The largest absolute Gasteiger partial charge is 0.399 e. The van der Waals surface area contributed by atoms with Gasteiger partial charge in [0.15, 0.2) is 0 Å². The molecule has 2 heteroatoms. The fourth-order valence-electron chi connectivity index (χ4n) is 2.08. The first kappa shape index (κ1) is 10.5. The third kappa shape index (κ3) is 3.24. The SMILES string of the molecule is Nc1ccc(CCOC2CCCC2)cc1. The monoisotopic (exact) mass is 205 g/mol. The summed E-state index contributed by atoms with van der Waals surface area (Å²) in [5, 5.41) is 0. The second kappa shape index (κ2) is 5.17. The molecule has 0 unspecified atom stereocenters. The number of rotatable bonds is 4. The number of nitrogen functional groups attached to an aromatic ring is 1. The maximum absolute atomic E-state index is 5.81. The molecule has 2 nitrogen and oxygen atoms in total. The summed E-state index contributed by atoms with van der Waals surface area (Å²) in [6.07, 6.45) is 6.71. The Kier molecular flexibility index (Phi) is 3.62. The van der Waals surface area contributed by atoms with Crippen molar-refractivity contribution in [2.45, 2.75) is 38.2 Å². The highest BCUT2D eigenvalue weighted by Crippen LogP contribution is 2.21. The predicted octanol–water partition coefficient (Wildman–Crippen LogP) is 2.77. The lowest BCUT2D eigenvalue weighted by atomic mass is 10.1. The van der Waals surface area contributed by atoms with Crippen LogP contribution in [0.3, 0.4) is 0 Å². The molecule has 0 bridgehead atoms. The van der Waals surface area contributed by atoms with Gasteiger partial charge in [0.1, 0.15) is 0 Å². The van der Waals surface area contributed by atoms with Crippen molar-refractivity contribution in [3.05, 3.63) is 29.8 Å². The first-order valence-electron chi connectivity index (χ1n) is 5.80. The zero-order chi connectivity index (χ0) is 10.5. The molecule has 1 saturated carbocycles. The summed E-state index contributed by atoms with van der Waals surface area (Å²) in [7, 11) is 0. The molecule has 82 valence electrons. The standard InChI is InChI=1S/C13H19NO/c14-12-7-5-11(6-8-12)9-10-15-13-3-1-2-4-13/h5-8,13H,1-4,9-10,14H2. The van der Waals surface area contributed by atoms with Crippen LogP contribution in [-0.4, -0.2) is 12.7 Å². The molecule has 0 atom stereocenters. The smallest absolute Gasteiger partial charge is 0.0575 e. The van der Waals surface area contributed by atoms with Crippen LogP contribution in [-0.2, 0) is 11.2 Å². The van der Waals surface area contributed by atoms with Crippen molar-refractivity contribution < 1.29 is 4.74 Å². The number of anilines is 1. The third-order valence-corrected chi connectivity index (χ3v) is 3.03. The van der Waals surface area contributed by atoms with E-state index in [4.69, 9.17) is 10.5 Å². The minimum atomic E-state index is 0.527. The lowest BCUT2D eigenvalue weighted by Gasteiger charge is -2.10. The summed E-state index contributed by atoms with van der Waals surface area (Å²) >= 11 is 0. The van der Waals surface area contributed by atoms with Crippen molar-refractivity contribution in [2.75, 3.05) is 12.3 Å². The number of ether oxygens (including phenoxy) is 1. The molecule has 0 radical (unpaired) electrons. The van der Waals surface area contributed by atoms with Crippen LogP contribution < -0.4 is 5.73 Å². The van der Waals surface area contributed by atoms with Crippen molar-refractivity contribution in [1.82, 2.24) is 0 Å². The van der Waals surface area contributed by atoms with Crippen LogP contribution in [0.1, 0.15) is 31.2 Å². The molecule has 0 amide bonds. The molecule has 1 aliphatic rings. The molecule has 1 aromatic carbocycles. The highest BCUT2D eigenvalue weighted by molar-refractivity contribution is 5.39. The minimum absolute atomic E-state index is 0.527. The van der Waals surface area contributed by atoms with Gasteiger partial charge in [-0.2, -0.15) is 0 Å². The van der Waals surface area contributed by atoms with Crippen molar-refractivity contribution in [2.24, 2.45) is 0 Å². The Morgan fingerprint density at radius 1 is 1.13 bits per heavy atom. The second-order valence-corrected chi connectivity index (χ2v) is 4.27.